The van der Waals surface area contributed by atoms with Crippen molar-refractivity contribution in [3.63, 3.8) is 0 Å². The van der Waals surface area contributed by atoms with Crippen molar-refractivity contribution in [3.05, 3.63) is 40.7 Å². The lowest BCUT2D eigenvalue weighted by atomic mass is 10.1. The number of nitrogens with zero attached hydrogens (tertiary/aromatic N) is 1. The molecule has 0 saturated carbocycles. The summed E-state index contributed by atoms with van der Waals surface area (Å²) in [5.74, 6) is 0.400. The van der Waals surface area contributed by atoms with Gasteiger partial charge in [0.1, 0.15) is 0 Å². The molecule has 21 heavy (non-hydrogen) atoms. The van der Waals surface area contributed by atoms with E-state index < -0.39 is 5.60 Å². The molecule has 1 unspecified atom stereocenters. The predicted octanol–water partition coefficient (Wildman–Crippen LogP) is 2.65. The van der Waals surface area contributed by atoms with Gasteiger partial charge < -0.3 is 10.4 Å². The second kappa shape index (κ2) is 7.06. The number of aromatic nitrogens is 1. The van der Waals surface area contributed by atoms with Crippen LogP contribution in [0.2, 0.25) is 0 Å². The molecular weight excluding hydrogens is 304 g/mol. The van der Waals surface area contributed by atoms with E-state index in [0.717, 1.165) is 11.3 Å². The van der Waals surface area contributed by atoms with E-state index in [1.807, 2.05) is 23.8 Å². The number of carbonyl (C=O) groups excluding carboxylic acids is 1. The van der Waals surface area contributed by atoms with Crippen molar-refractivity contribution in [2.24, 2.45) is 0 Å². The van der Waals surface area contributed by atoms with E-state index in [4.69, 9.17) is 0 Å². The van der Waals surface area contributed by atoms with E-state index >= 15 is 0 Å². The average molecular weight is 322 g/mol. The molecular formula is C15H18N2O2S2. The maximum atomic E-state index is 12.1. The zero-order chi connectivity index (χ0) is 15.3. The van der Waals surface area contributed by atoms with E-state index in [9.17, 15) is 9.90 Å². The highest BCUT2D eigenvalue weighted by Crippen LogP contribution is 2.19. The summed E-state index contributed by atoms with van der Waals surface area (Å²) in [6.07, 6.45) is 1.92. The van der Waals surface area contributed by atoms with Gasteiger partial charge in [-0.15, -0.1) is 11.3 Å². The summed E-state index contributed by atoms with van der Waals surface area (Å²) in [5.41, 5.74) is 3.37. The fourth-order valence-electron chi connectivity index (χ4n) is 1.88. The van der Waals surface area contributed by atoms with Crippen molar-refractivity contribution in [1.82, 2.24) is 10.3 Å². The van der Waals surface area contributed by atoms with Gasteiger partial charge in [0.2, 0.25) is 0 Å². The number of aliphatic hydroxyl groups is 1. The van der Waals surface area contributed by atoms with Gasteiger partial charge in [0, 0.05) is 28.8 Å². The lowest BCUT2D eigenvalue weighted by Crippen LogP contribution is -2.42. The van der Waals surface area contributed by atoms with Crippen LogP contribution in [-0.4, -0.2) is 40.2 Å². The third-order valence-electron chi connectivity index (χ3n) is 2.96. The molecule has 0 radical (unpaired) electrons. The number of hydrogen-bond donors (Lipinski definition) is 2. The first kappa shape index (κ1) is 16.0. The van der Waals surface area contributed by atoms with Crippen molar-refractivity contribution in [2.45, 2.75) is 12.5 Å². The van der Waals surface area contributed by atoms with E-state index in [0.29, 0.717) is 11.3 Å². The molecule has 6 heteroatoms. The van der Waals surface area contributed by atoms with Crippen LogP contribution in [0.15, 0.2) is 35.2 Å². The smallest absolute Gasteiger partial charge is 0.251 e. The first-order chi connectivity index (χ1) is 10.0. The Balaban J connectivity index is 1.97. The fourth-order valence-corrected chi connectivity index (χ4v) is 3.17. The van der Waals surface area contributed by atoms with Gasteiger partial charge in [-0.1, -0.05) is 12.1 Å². The van der Waals surface area contributed by atoms with Gasteiger partial charge in [-0.2, -0.15) is 11.8 Å². The normalized spacial score (nSPS) is 13.7. The SMILES string of the molecule is CSCC(C)(O)CNC(=O)c1ccc(-c2cscn2)cc1. The fraction of sp³-hybridized carbons (Fsp3) is 0.333. The molecule has 1 atom stereocenters. The first-order valence-corrected chi connectivity index (χ1v) is 8.84. The van der Waals surface area contributed by atoms with Crippen LogP contribution >= 0.6 is 23.1 Å². The molecule has 1 aromatic carbocycles. The van der Waals surface area contributed by atoms with Crippen LogP contribution in [-0.2, 0) is 0 Å². The average Bonchev–Trinajstić information content (AvgIpc) is 2.99. The maximum absolute atomic E-state index is 12.1. The van der Waals surface area contributed by atoms with E-state index in [1.165, 1.54) is 0 Å². The first-order valence-electron chi connectivity index (χ1n) is 6.50. The van der Waals surface area contributed by atoms with Gasteiger partial charge >= 0.3 is 0 Å². The van der Waals surface area contributed by atoms with Crippen LogP contribution in [0, 0.1) is 0 Å². The molecule has 2 aromatic rings. The summed E-state index contributed by atoms with van der Waals surface area (Å²) in [6, 6.07) is 7.30. The summed E-state index contributed by atoms with van der Waals surface area (Å²) in [4.78, 5) is 16.3. The Hall–Kier alpha value is -1.37. The van der Waals surface area contributed by atoms with Gasteiger partial charge in [0.25, 0.3) is 5.91 Å². The van der Waals surface area contributed by atoms with Crippen molar-refractivity contribution in [3.8, 4) is 11.3 Å². The highest BCUT2D eigenvalue weighted by atomic mass is 32.2. The van der Waals surface area contributed by atoms with Crippen molar-refractivity contribution in [2.75, 3.05) is 18.6 Å². The number of amides is 1. The third kappa shape index (κ3) is 4.56. The molecule has 0 aliphatic heterocycles. The molecule has 2 rings (SSSR count). The number of nitrogens with one attached hydrogen (secondary N) is 1. The summed E-state index contributed by atoms with van der Waals surface area (Å²) >= 11 is 3.09. The highest BCUT2D eigenvalue weighted by molar-refractivity contribution is 7.98. The van der Waals surface area contributed by atoms with E-state index in [1.54, 1.807) is 47.7 Å². The van der Waals surface area contributed by atoms with Gasteiger partial charge in [-0.25, -0.2) is 4.98 Å². The zero-order valence-corrected chi connectivity index (χ0v) is 13.6. The van der Waals surface area contributed by atoms with Gasteiger partial charge in [0.15, 0.2) is 0 Å². The Morgan fingerprint density at radius 1 is 1.43 bits per heavy atom. The molecule has 1 heterocycles. The molecule has 1 aromatic heterocycles. The molecule has 2 N–H and O–H groups in total. The summed E-state index contributed by atoms with van der Waals surface area (Å²) in [5, 5.41) is 14.8. The minimum absolute atomic E-state index is 0.179. The van der Waals surface area contributed by atoms with Crippen LogP contribution in [0.1, 0.15) is 17.3 Å². The number of thioether (sulfide) groups is 1. The number of rotatable bonds is 6. The molecule has 0 saturated heterocycles. The second-order valence-corrected chi connectivity index (χ2v) is 6.65. The maximum Gasteiger partial charge on any atom is 0.251 e. The van der Waals surface area contributed by atoms with Crippen LogP contribution < -0.4 is 5.32 Å². The van der Waals surface area contributed by atoms with Crippen molar-refractivity contribution >= 4 is 29.0 Å². The third-order valence-corrected chi connectivity index (χ3v) is 4.46. The molecule has 0 aliphatic rings. The van der Waals surface area contributed by atoms with Crippen LogP contribution in [0.4, 0.5) is 0 Å². The molecule has 112 valence electrons. The Kier molecular flexibility index (Phi) is 5.39. The minimum atomic E-state index is -0.893. The Labute approximate surface area is 132 Å². The van der Waals surface area contributed by atoms with Crippen LogP contribution in [0.25, 0.3) is 11.3 Å². The van der Waals surface area contributed by atoms with Gasteiger partial charge in [0.05, 0.1) is 16.8 Å². The van der Waals surface area contributed by atoms with Crippen LogP contribution in [0.3, 0.4) is 0 Å². The second-order valence-electron chi connectivity index (χ2n) is 5.06. The van der Waals surface area contributed by atoms with E-state index in [2.05, 4.69) is 10.3 Å². The number of thiazole rings is 1. The lowest BCUT2D eigenvalue weighted by molar-refractivity contribution is 0.0725. The zero-order valence-electron chi connectivity index (χ0n) is 12.0. The predicted molar refractivity (Wildman–Crippen MR) is 88.9 cm³/mol. The molecule has 4 nitrogen and oxygen atoms in total. The summed E-state index contributed by atoms with van der Waals surface area (Å²) < 4.78 is 0. The molecule has 0 bridgehead atoms. The van der Waals surface area contributed by atoms with Crippen molar-refractivity contribution in [1.29, 1.82) is 0 Å². The lowest BCUT2D eigenvalue weighted by Gasteiger charge is -2.22. The molecule has 0 aliphatic carbocycles. The highest BCUT2D eigenvalue weighted by Gasteiger charge is 2.20. The largest absolute Gasteiger partial charge is 0.387 e. The van der Waals surface area contributed by atoms with E-state index in [-0.39, 0.29) is 12.5 Å². The standard InChI is InChI=1S/C15H18N2O2S2/c1-15(19,9-20-2)8-16-14(18)12-5-3-11(4-6-12)13-7-21-10-17-13/h3-7,10,19H,8-9H2,1-2H3,(H,16,18). The van der Waals surface area contributed by atoms with Crippen molar-refractivity contribution < 1.29 is 9.90 Å². The minimum Gasteiger partial charge on any atom is -0.387 e. The summed E-state index contributed by atoms with van der Waals surface area (Å²) in [7, 11) is 0. The molecule has 0 fully saturated rings. The molecule has 1 amide bonds. The van der Waals surface area contributed by atoms with Gasteiger partial charge in [-0.05, 0) is 25.3 Å². The Morgan fingerprint density at radius 3 is 2.71 bits per heavy atom. The Bertz CT molecular complexity index is 580. The van der Waals surface area contributed by atoms with Crippen LogP contribution in [0.5, 0.6) is 0 Å². The summed E-state index contributed by atoms with van der Waals surface area (Å²) in [6.45, 7) is 1.95. The Morgan fingerprint density at radius 2 is 2.14 bits per heavy atom. The number of benzene rings is 1. The molecule has 0 spiro atoms. The van der Waals surface area contributed by atoms with Gasteiger partial charge in [-0.3, -0.25) is 4.79 Å². The quantitative estimate of drug-likeness (QED) is 0.858. The number of carbonyl (C=O) groups is 1. The number of hydrogen-bond acceptors (Lipinski definition) is 5. The monoisotopic (exact) mass is 322 g/mol. The topological polar surface area (TPSA) is 62.2 Å².